The van der Waals surface area contributed by atoms with Crippen LogP contribution >= 0.6 is 0 Å². The van der Waals surface area contributed by atoms with Crippen molar-refractivity contribution in [3.8, 4) is 0 Å². The van der Waals surface area contributed by atoms with Crippen LogP contribution in [0.2, 0.25) is 0 Å². The lowest BCUT2D eigenvalue weighted by molar-refractivity contribution is 0.402. The highest BCUT2D eigenvalue weighted by molar-refractivity contribution is 5.02. The van der Waals surface area contributed by atoms with E-state index < -0.39 is 0 Å². The summed E-state index contributed by atoms with van der Waals surface area (Å²) in [4.78, 5) is 0. The van der Waals surface area contributed by atoms with E-state index >= 15 is 0 Å². The van der Waals surface area contributed by atoms with Crippen molar-refractivity contribution in [1.29, 1.82) is 0 Å². The van der Waals surface area contributed by atoms with E-state index in [4.69, 9.17) is 0 Å². The average molecular weight is 168 g/mol. The van der Waals surface area contributed by atoms with E-state index in [1.54, 1.807) is 5.57 Å². The summed E-state index contributed by atoms with van der Waals surface area (Å²) in [5, 5.41) is 0. The van der Waals surface area contributed by atoms with E-state index in [2.05, 4.69) is 19.9 Å². The third-order valence-electron chi connectivity index (χ3n) is 2.70. The fraction of sp³-hybridized carbons (Fsp3) is 0.833. The second kappa shape index (κ2) is 7.39. The minimum absolute atomic E-state index is 0.929. The summed E-state index contributed by atoms with van der Waals surface area (Å²) in [6, 6.07) is 0. The van der Waals surface area contributed by atoms with E-state index in [0.29, 0.717) is 0 Å². The standard InChI is InChI=1S/C10H18.C2H6/c1-3-9(2)10-7-5-4-6-8-10;1-2/h3,10H,4-8H2,1-2H3;1-2H3/b9-3+;. The van der Waals surface area contributed by atoms with E-state index in [9.17, 15) is 0 Å². The summed E-state index contributed by atoms with van der Waals surface area (Å²) in [5.41, 5.74) is 1.61. The van der Waals surface area contributed by atoms with Gasteiger partial charge in [-0.2, -0.15) is 0 Å². The zero-order valence-electron chi connectivity index (χ0n) is 9.19. The summed E-state index contributed by atoms with van der Waals surface area (Å²) in [7, 11) is 0. The zero-order chi connectivity index (χ0) is 9.40. The number of hydrogen-bond acceptors (Lipinski definition) is 0. The molecule has 1 aliphatic rings. The van der Waals surface area contributed by atoms with Gasteiger partial charge < -0.3 is 0 Å². The molecule has 0 amide bonds. The summed E-state index contributed by atoms with van der Waals surface area (Å²) in [5.74, 6) is 0.929. The summed E-state index contributed by atoms with van der Waals surface area (Å²) in [6.45, 7) is 8.43. The van der Waals surface area contributed by atoms with Gasteiger partial charge in [0.25, 0.3) is 0 Å². The molecule has 0 heteroatoms. The van der Waals surface area contributed by atoms with Crippen molar-refractivity contribution in [3.63, 3.8) is 0 Å². The monoisotopic (exact) mass is 168 g/mol. The van der Waals surface area contributed by atoms with Gasteiger partial charge >= 0.3 is 0 Å². The van der Waals surface area contributed by atoms with E-state index in [0.717, 1.165) is 5.92 Å². The van der Waals surface area contributed by atoms with Crippen molar-refractivity contribution in [2.24, 2.45) is 5.92 Å². The molecule has 12 heavy (non-hydrogen) atoms. The first-order valence-electron chi connectivity index (χ1n) is 5.47. The lowest BCUT2D eigenvalue weighted by atomic mass is 9.84. The fourth-order valence-corrected chi connectivity index (χ4v) is 1.79. The van der Waals surface area contributed by atoms with Crippen LogP contribution < -0.4 is 0 Å². The summed E-state index contributed by atoms with van der Waals surface area (Å²) in [6.07, 6.45) is 9.53. The van der Waals surface area contributed by atoms with Crippen molar-refractivity contribution in [2.45, 2.75) is 59.8 Å². The number of rotatable bonds is 1. The van der Waals surface area contributed by atoms with Gasteiger partial charge in [0.05, 0.1) is 0 Å². The third kappa shape index (κ3) is 3.94. The van der Waals surface area contributed by atoms with Crippen molar-refractivity contribution in [2.75, 3.05) is 0 Å². The van der Waals surface area contributed by atoms with Crippen LogP contribution in [-0.4, -0.2) is 0 Å². The Balaban J connectivity index is 0.000000561. The Morgan fingerprint density at radius 3 is 2.00 bits per heavy atom. The van der Waals surface area contributed by atoms with Gasteiger partial charge in [0.2, 0.25) is 0 Å². The van der Waals surface area contributed by atoms with Gasteiger partial charge in [-0.05, 0) is 32.6 Å². The molecular weight excluding hydrogens is 144 g/mol. The van der Waals surface area contributed by atoms with Crippen LogP contribution in [0.4, 0.5) is 0 Å². The molecule has 1 aliphatic carbocycles. The molecule has 72 valence electrons. The predicted octanol–water partition coefficient (Wildman–Crippen LogP) is 4.56. The summed E-state index contributed by atoms with van der Waals surface area (Å²) < 4.78 is 0. The molecule has 0 unspecified atom stereocenters. The van der Waals surface area contributed by atoms with Crippen LogP contribution in [0.5, 0.6) is 0 Å². The first-order chi connectivity index (χ1) is 5.84. The molecular formula is C12H24. The Morgan fingerprint density at radius 1 is 1.08 bits per heavy atom. The van der Waals surface area contributed by atoms with E-state index in [-0.39, 0.29) is 0 Å². The number of allylic oxidation sites excluding steroid dienone is 2. The molecule has 0 atom stereocenters. The Bertz CT molecular complexity index is 116. The van der Waals surface area contributed by atoms with Crippen LogP contribution in [0.15, 0.2) is 11.6 Å². The van der Waals surface area contributed by atoms with Crippen molar-refractivity contribution < 1.29 is 0 Å². The SMILES string of the molecule is C/C=C(\C)C1CCCCC1.CC. The zero-order valence-corrected chi connectivity index (χ0v) is 9.19. The molecule has 0 nitrogen and oxygen atoms in total. The topological polar surface area (TPSA) is 0 Å². The highest BCUT2D eigenvalue weighted by Crippen LogP contribution is 2.28. The Morgan fingerprint density at radius 2 is 1.58 bits per heavy atom. The molecule has 0 aliphatic heterocycles. The van der Waals surface area contributed by atoms with Gasteiger partial charge in [0.15, 0.2) is 0 Å². The lowest BCUT2D eigenvalue weighted by Crippen LogP contribution is -2.06. The Hall–Kier alpha value is -0.260. The van der Waals surface area contributed by atoms with Crippen molar-refractivity contribution >= 4 is 0 Å². The largest absolute Gasteiger partial charge is 0.0885 e. The molecule has 0 aromatic rings. The average Bonchev–Trinajstić information content (AvgIpc) is 2.21. The molecule has 0 heterocycles. The minimum Gasteiger partial charge on any atom is -0.0885 e. The number of hydrogen-bond donors (Lipinski definition) is 0. The molecule has 1 saturated carbocycles. The minimum atomic E-state index is 0.929. The molecule has 0 radical (unpaired) electrons. The first kappa shape index (κ1) is 11.7. The Kier molecular flexibility index (Phi) is 7.23. The molecule has 0 N–H and O–H groups in total. The maximum Gasteiger partial charge on any atom is -0.0206 e. The van der Waals surface area contributed by atoms with Crippen LogP contribution in [0.25, 0.3) is 0 Å². The highest BCUT2D eigenvalue weighted by Gasteiger charge is 2.13. The molecule has 0 spiro atoms. The second-order valence-electron chi connectivity index (χ2n) is 3.37. The normalized spacial score (nSPS) is 19.8. The van der Waals surface area contributed by atoms with Crippen LogP contribution in [0.3, 0.4) is 0 Å². The molecule has 1 fully saturated rings. The second-order valence-corrected chi connectivity index (χ2v) is 3.37. The van der Waals surface area contributed by atoms with Crippen molar-refractivity contribution in [3.05, 3.63) is 11.6 Å². The van der Waals surface area contributed by atoms with Gasteiger partial charge in [-0.1, -0.05) is 44.8 Å². The Labute approximate surface area is 78.1 Å². The van der Waals surface area contributed by atoms with Gasteiger partial charge in [-0.25, -0.2) is 0 Å². The maximum absolute atomic E-state index is 2.27. The van der Waals surface area contributed by atoms with E-state index in [1.165, 1.54) is 32.1 Å². The lowest BCUT2D eigenvalue weighted by Gasteiger charge is -2.21. The van der Waals surface area contributed by atoms with E-state index in [1.807, 2.05) is 13.8 Å². The molecule has 0 bridgehead atoms. The smallest absolute Gasteiger partial charge is 0.0206 e. The molecule has 0 aromatic heterocycles. The molecule has 0 saturated heterocycles. The summed E-state index contributed by atoms with van der Waals surface area (Å²) >= 11 is 0. The highest BCUT2D eigenvalue weighted by atomic mass is 14.2. The van der Waals surface area contributed by atoms with Gasteiger partial charge in [0.1, 0.15) is 0 Å². The van der Waals surface area contributed by atoms with Gasteiger partial charge in [-0.15, -0.1) is 0 Å². The molecule has 0 aromatic carbocycles. The quantitative estimate of drug-likeness (QED) is 0.503. The van der Waals surface area contributed by atoms with Crippen molar-refractivity contribution in [1.82, 2.24) is 0 Å². The van der Waals surface area contributed by atoms with Crippen LogP contribution in [0.1, 0.15) is 59.8 Å². The van der Waals surface area contributed by atoms with Crippen LogP contribution in [0, 0.1) is 5.92 Å². The van der Waals surface area contributed by atoms with Crippen LogP contribution in [-0.2, 0) is 0 Å². The molecule has 1 rings (SSSR count). The van der Waals surface area contributed by atoms with Gasteiger partial charge in [0, 0.05) is 0 Å². The third-order valence-corrected chi connectivity index (χ3v) is 2.70. The van der Waals surface area contributed by atoms with Gasteiger partial charge in [-0.3, -0.25) is 0 Å². The predicted molar refractivity (Wildman–Crippen MR) is 57.4 cm³/mol. The first-order valence-corrected chi connectivity index (χ1v) is 5.47. The fourth-order valence-electron chi connectivity index (χ4n) is 1.79. The maximum atomic E-state index is 2.27.